The van der Waals surface area contributed by atoms with E-state index in [1.54, 1.807) is 0 Å². The van der Waals surface area contributed by atoms with E-state index >= 15 is 0 Å². The Morgan fingerprint density at radius 3 is 2.57 bits per heavy atom. The number of hydrogen-bond acceptors (Lipinski definition) is 0. The van der Waals surface area contributed by atoms with Crippen LogP contribution in [-0.2, 0) is 6.42 Å². The van der Waals surface area contributed by atoms with Gasteiger partial charge in [-0.3, -0.25) is 0 Å². The molecular formula is C14H20. The number of rotatable bonds is 5. The van der Waals surface area contributed by atoms with Gasteiger partial charge in [-0.15, -0.1) is 0 Å². The number of aryl methyl sites for hydroxylation is 1. The standard InChI is InChI=1S/C14H20/c1-3-4-8-13(2)11-12-14-9-6-5-7-10-14/h5-10H,3-4,11-12H2,1-2H3/b13-8+. The maximum absolute atomic E-state index is 2.36. The van der Waals surface area contributed by atoms with Crippen LogP contribution >= 0.6 is 0 Å². The minimum absolute atomic E-state index is 1.17. The van der Waals surface area contributed by atoms with E-state index in [1.165, 1.54) is 36.8 Å². The molecule has 0 unspecified atom stereocenters. The van der Waals surface area contributed by atoms with E-state index in [4.69, 9.17) is 0 Å². The van der Waals surface area contributed by atoms with Gasteiger partial charge in [0.05, 0.1) is 0 Å². The molecule has 1 aromatic carbocycles. The van der Waals surface area contributed by atoms with Crippen LogP contribution in [0.3, 0.4) is 0 Å². The maximum atomic E-state index is 2.36. The summed E-state index contributed by atoms with van der Waals surface area (Å²) in [5.41, 5.74) is 2.97. The smallest absolute Gasteiger partial charge is 0.0242 e. The van der Waals surface area contributed by atoms with Crippen molar-refractivity contribution in [2.45, 2.75) is 39.5 Å². The van der Waals surface area contributed by atoms with E-state index in [0.717, 1.165) is 0 Å². The summed E-state index contributed by atoms with van der Waals surface area (Å²) in [5, 5.41) is 0. The van der Waals surface area contributed by atoms with Crippen molar-refractivity contribution in [2.24, 2.45) is 0 Å². The third kappa shape index (κ3) is 4.27. The minimum atomic E-state index is 1.17. The Labute approximate surface area is 87.7 Å². The zero-order chi connectivity index (χ0) is 10.2. The average molecular weight is 188 g/mol. The molecule has 1 aromatic rings. The highest BCUT2D eigenvalue weighted by atomic mass is 14.0. The second-order valence-corrected chi connectivity index (χ2v) is 3.82. The molecule has 0 nitrogen and oxygen atoms in total. The molecule has 14 heavy (non-hydrogen) atoms. The summed E-state index contributed by atoms with van der Waals surface area (Å²) in [6.07, 6.45) is 7.21. The SMILES string of the molecule is CCC/C=C(\C)CCc1ccccc1. The summed E-state index contributed by atoms with van der Waals surface area (Å²) < 4.78 is 0. The van der Waals surface area contributed by atoms with Gasteiger partial charge in [-0.25, -0.2) is 0 Å². The van der Waals surface area contributed by atoms with E-state index in [0.29, 0.717) is 0 Å². The molecule has 1 rings (SSSR count). The van der Waals surface area contributed by atoms with Crippen molar-refractivity contribution in [2.75, 3.05) is 0 Å². The first-order chi connectivity index (χ1) is 6.83. The Morgan fingerprint density at radius 1 is 1.21 bits per heavy atom. The fourth-order valence-corrected chi connectivity index (χ4v) is 1.48. The highest BCUT2D eigenvalue weighted by Crippen LogP contribution is 2.09. The Balaban J connectivity index is 2.34. The first kappa shape index (κ1) is 11.0. The molecule has 0 saturated carbocycles. The molecule has 0 N–H and O–H groups in total. The number of unbranched alkanes of at least 4 members (excludes halogenated alkanes) is 1. The highest BCUT2D eigenvalue weighted by molar-refractivity contribution is 5.16. The average Bonchev–Trinajstić information content (AvgIpc) is 2.25. The van der Waals surface area contributed by atoms with Gasteiger partial charge in [0.2, 0.25) is 0 Å². The molecule has 76 valence electrons. The molecule has 0 fully saturated rings. The van der Waals surface area contributed by atoms with Gasteiger partial charge in [-0.1, -0.05) is 55.3 Å². The summed E-state index contributed by atoms with van der Waals surface area (Å²) >= 11 is 0. The van der Waals surface area contributed by atoms with Gasteiger partial charge < -0.3 is 0 Å². The first-order valence-electron chi connectivity index (χ1n) is 5.52. The monoisotopic (exact) mass is 188 g/mol. The lowest BCUT2D eigenvalue weighted by molar-refractivity contribution is 0.897. The summed E-state index contributed by atoms with van der Waals surface area (Å²) in [6.45, 7) is 4.46. The van der Waals surface area contributed by atoms with Crippen LogP contribution in [0.1, 0.15) is 38.7 Å². The molecule has 0 heteroatoms. The van der Waals surface area contributed by atoms with Gasteiger partial charge in [0.25, 0.3) is 0 Å². The van der Waals surface area contributed by atoms with Crippen LogP contribution in [0.25, 0.3) is 0 Å². The van der Waals surface area contributed by atoms with Gasteiger partial charge in [0.15, 0.2) is 0 Å². The van der Waals surface area contributed by atoms with E-state index < -0.39 is 0 Å². The van der Waals surface area contributed by atoms with Gasteiger partial charge in [-0.2, -0.15) is 0 Å². The second-order valence-electron chi connectivity index (χ2n) is 3.82. The summed E-state index contributed by atoms with van der Waals surface area (Å²) in [6, 6.07) is 10.7. The second kappa shape index (κ2) is 6.42. The Hall–Kier alpha value is -1.04. The van der Waals surface area contributed by atoms with Crippen LogP contribution in [0.4, 0.5) is 0 Å². The van der Waals surface area contributed by atoms with E-state index in [-0.39, 0.29) is 0 Å². The fraction of sp³-hybridized carbons (Fsp3) is 0.429. The predicted octanol–water partition coefficient (Wildman–Crippen LogP) is 4.37. The zero-order valence-electron chi connectivity index (χ0n) is 9.29. The zero-order valence-corrected chi connectivity index (χ0v) is 9.29. The van der Waals surface area contributed by atoms with Gasteiger partial charge in [0.1, 0.15) is 0 Å². The number of benzene rings is 1. The first-order valence-corrected chi connectivity index (χ1v) is 5.52. The van der Waals surface area contributed by atoms with Crippen LogP contribution in [-0.4, -0.2) is 0 Å². The molecule has 0 atom stereocenters. The molecular weight excluding hydrogens is 168 g/mol. The molecule has 0 aliphatic carbocycles. The van der Waals surface area contributed by atoms with Crippen molar-refractivity contribution in [3.63, 3.8) is 0 Å². The van der Waals surface area contributed by atoms with Crippen molar-refractivity contribution >= 4 is 0 Å². The lowest BCUT2D eigenvalue weighted by Crippen LogP contribution is -1.85. The van der Waals surface area contributed by atoms with Gasteiger partial charge >= 0.3 is 0 Å². The van der Waals surface area contributed by atoms with Crippen molar-refractivity contribution in [1.29, 1.82) is 0 Å². The molecule has 0 aromatic heterocycles. The van der Waals surface area contributed by atoms with Crippen molar-refractivity contribution in [1.82, 2.24) is 0 Å². The number of allylic oxidation sites excluding steroid dienone is 2. The Morgan fingerprint density at radius 2 is 1.93 bits per heavy atom. The molecule has 0 aliphatic heterocycles. The maximum Gasteiger partial charge on any atom is -0.0242 e. The quantitative estimate of drug-likeness (QED) is 0.602. The van der Waals surface area contributed by atoms with E-state index in [9.17, 15) is 0 Å². The molecule has 0 radical (unpaired) electrons. The predicted molar refractivity (Wildman–Crippen MR) is 63.4 cm³/mol. The molecule has 0 saturated heterocycles. The molecule has 0 amide bonds. The van der Waals surface area contributed by atoms with Crippen LogP contribution in [0.5, 0.6) is 0 Å². The normalized spacial score (nSPS) is 11.7. The van der Waals surface area contributed by atoms with E-state index in [2.05, 4.69) is 50.3 Å². The third-order valence-electron chi connectivity index (χ3n) is 2.43. The topological polar surface area (TPSA) is 0 Å². The largest absolute Gasteiger partial charge is 0.0856 e. The van der Waals surface area contributed by atoms with Crippen molar-refractivity contribution in [3.05, 3.63) is 47.5 Å². The Bertz CT molecular complexity index is 269. The summed E-state index contributed by atoms with van der Waals surface area (Å²) in [5.74, 6) is 0. The third-order valence-corrected chi connectivity index (χ3v) is 2.43. The van der Waals surface area contributed by atoms with Crippen LogP contribution < -0.4 is 0 Å². The van der Waals surface area contributed by atoms with Crippen LogP contribution in [0.15, 0.2) is 42.0 Å². The molecule has 0 heterocycles. The summed E-state index contributed by atoms with van der Waals surface area (Å²) in [7, 11) is 0. The van der Waals surface area contributed by atoms with Crippen molar-refractivity contribution in [3.8, 4) is 0 Å². The van der Waals surface area contributed by atoms with Crippen molar-refractivity contribution < 1.29 is 0 Å². The number of hydrogen-bond donors (Lipinski definition) is 0. The Kier molecular flexibility index (Phi) is 5.06. The molecule has 0 spiro atoms. The lowest BCUT2D eigenvalue weighted by atomic mass is 10.0. The fourth-order valence-electron chi connectivity index (χ4n) is 1.48. The van der Waals surface area contributed by atoms with Crippen LogP contribution in [0, 0.1) is 0 Å². The van der Waals surface area contributed by atoms with Crippen LogP contribution in [0.2, 0.25) is 0 Å². The van der Waals surface area contributed by atoms with Gasteiger partial charge in [-0.05, 0) is 31.7 Å². The minimum Gasteiger partial charge on any atom is -0.0856 e. The lowest BCUT2D eigenvalue weighted by Gasteiger charge is -2.01. The molecule has 0 bridgehead atoms. The van der Waals surface area contributed by atoms with E-state index in [1.807, 2.05) is 0 Å². The molecule has 0 aliphatic rings. The van der Waals surface area contributed by atoms with Gasteiger partial charge in [0, 0.05) is 0 Å². The summed E-state index contributed by atoms with van der Waals surface area (Å²) in [4.78, 5) is 0. The highest BCUT2D eigenvalue weighted by Gasteiger charge is 1.92.